The summed E-state index contributed by atoms with van der Waals surface area (Å²) < 4.78 is 6.17. The molecule has 3 saturated carbocycles. The van der Waals surface area contributed by atoms with Gasteiger partial charge in [-0.15, -0.1) is 0 Å². The predicted molar refractivity (Wildman–Crippen MR) is 116 cm³/mol. The van der Waals surface area contributed by atoms with Crippen molar-refractivity contribution in [1.82, 2.24) is 0 Å². The molecule has 0 heterocycles. The minimum atomic E-state index is -0.545. The summed E-state index contributed by atoms with van der Waals surface area (Å²) in [5.41, 5.74) is 0.771. The fourth-order valence-corrected chi connectivity index (χ4v) is 7.66. The van der Waals surface area contributed by atoms with Gasteiger partial charge in [0.2, 0.25) is 0 Å². The number of allylic oxidation sites excluding steroid dienone is 1. The summed E-state index contributed by atoms with van der Waals surface area (Å²) in [7, 11) is 0. The van der Waals surface area contributed by atoms with Gasteiger partial charge in [-0.2, -0.15) is 0 Å². The molecule has 0 aromatic rings. The molecule has 4 aliphatic carbocycles. The zero-order chi connectivity index (χ0) is 22.1. The Hall–Kier alpha value is -1.45. The Morgan fingerprint density at radius 1 is 1.10 bits per heavy atom. The van der Waals surface area contributed by atoms with E-state index in [9.17, 15) is 14.4 Å². The molecule has 3 fully saturated rings. The molecule has 166 valence electrons. The van der Waals surface area contributed by atoms with Gasteiger partial charge in [0.15, 0.2) is 5.78 Å². The Morgan fingerprint density at radius 3 is 2.43 bits per heavy atom. The average Bonchev–Trinajstić information content (AvgIpc) is 2.94. The molecule has 4 heteroatoms. The van der Waals surface area contributed by atoms with Crippen LogP contribution in [0.3, 0.4) is 0 Å². The van der Waals surface area contributed by atoms with E-state index in [4.69, 9.17) is 4.74 Å². The Labute approximate surface area is 181 Å². The van der Waals surface area contributed by atoms with Gasteiger partial charge < -0.3 is 4.74 Å². The van der Waals surface area contributed by atoms with Gasteiger partial charge in [0.25, 0.3) is 0 Å². The van der Waals surface area contributed by atoms with Crippen LogP contribution in [0.2, 0.25) is 0 Å². The van der Waals surface area contributed by atoms with Gasteiger partial charge in [-0.05, 0) is 95.0 Å². The van der Waals surface area contributed by atoms with Crippen molar-refractivity contribution >= 4 is 17.5 Å². The summed E-state index contributed by atoms with van der Waals surface area (Å²) >= 11 is 0. The monoisotopic (exact) mass is 414 g/mol. The van der Waals surface area contributed by atoms with Crippen LogP contribution in [0.1, 0.15) is 86.5 Å². The zero-order valence-corrected chi connectivity index (χ0v) is 19.5. The van der Waals surface area contributed by atoms with Crippen molar-refractivity contribution < 1.29 is 19.1 Å². The van der Waals surface area contributed by atoms with Crippen molar-refractivity contribution in [3.8, 4) is 0 Å². The molecule has 0 bridgehead atoms. The first-order valence-electron chi connectivity index (χ1n) is 11.8. The van der Waals surface area contributed by atoms with E-state index in [0.717, 1.165) is 32.1 Å². The molecule has 0 aromatic carbocycles. The van der Waals surface area contributed by atoms with E-state index in [1.165, 1.54) is 5.57 Å². The van der Waals surface area contributed by atoms with Gasteiger partial charge in [0, 0.05) is 18.3 Å². The van der Waals surface area contributed by atoms with Crippen molar-refractivity contribution in [3.05, 3.63) is 11.6 Å². The maximum atomic E-state index is 12.8. The Balaban J connectivity index is 1.70. The summed E-state index contributed by atoms with van der Waals surface area (Å²) in [4.78, 5) is 37.5. The first-order valence-corrected chi connectivity index (χ1v) is 11.8. The maximum absolute atomic E-state index is 12.8. The maximum Gasteiger partial charge on any atom is 0.311 e. The van der Waals surface area contributed by atoms with Gasteiger partial charge in [-0.3, -0.25) is 14.4 Å². The highest BCUT2D eigenvalue weighted by atomic mass is 16.5. The van der Waals surface area contributed by atoms with Crippen LogP contribution in [-0.4, -0.2) is 23.6 Å². The molecule has 0 amide bonds. The average molecular weight is 415 g/mol. The van der Waals surface area contributed by atoms with Crippen LogP contribution in [0.25, 0.3) is 0 Å². The number of esters is 1. The molecule has 1 unspecified atom stereocenters. The van der Waals surface area contributed by atoms with Crippen LogP contribution in [0.4, 0.5) is 0 Å². The molecule has 0 radical (unpaired) electrons. The number of rotatable bonds is 2. The van der Waals surface area contributed by atoms with Crippen LogP contribution in [0.15, 0.2) is 11.6 Å². The summed E-state index contributed by atoms with van der Waals surface area (Å²) in [6.45, 7) is 12.0. The number of Topliss-reactive ketones (excluding diaryl/α,β-unsaturated/α-hetero) is 1. The number of ether oxygens (including phenoxy) is 1. The van der Waals surface area contributed by atoms with E-state index < -0.39 is 5.41 Å². The Kier molecular flexibility index (Phi) is 5.10. The molecule has 0 N–H and O–H groups in total. The standard InChI is InChI=1S/C26H38O4/c1-15(27)20-14-21(30-23(29)24(2,3)4)22-18-8-7-16-13-17(28)9-11-25(16,5)19(18)10-12-26(20,22)6/h13,18-22H,7-12,14H2,1-6H3/t18-,19+,20-,21?,22-,25+,26-/m1/s1. The number of hydrogen-bond acceptors (Lipinski definition) is 4. The molecular weight excluding hydrogens is 376 g/mol. The second-order valence-electron chi connectivity index (χ2n) is 12.0. The molecule has 0 aromatic heterocycles. The topological polar surface area (TPSA) is 60.4 Å². The summed E-state index contributed by atoms with van der Waals surface area (Å²) in [5.74, 6) is 1.50. The molecule has 4 rings (SSSR count). The lowest BCUT2D eigenvalue weighted by Gasteiger charge is -2.58. The minimum absolute atomic E-state index is 0.0288. The van der Waals surface area contributed by atoms with E-state index >= 15 is 0 Å². The minimum Gasteiger partial charge on any atom is -0.462 e. The third-order valence-electron chi connectivity index (χ3n) is 9.28. The fraction of sp³-hybridized carbons (Fsp3) is 0.808. The van der Waals surface area contributed by atoms with Crippen LogP contribution in [-0.2, 0) is 19.1 Å². The van der Waals surface area contributed by atoms with E-state index in [1.807, 2.05) is 26.8 Å². The first-order chi connectivity index (χ1) is 13.9. The quantitative estimate of drug-likeness (QED) is 0.576. The van der Waals surface area contributed by atoms with Crippen molar-refractivity contribution in [1.29, 1.82) is 0 Å². The number of ketones is 2. The molecule has 4 nitrogen and oxygen atoms in total. The molecule has 0 saturated heterocycles. The third-order valence-corrected chi connectivity index (χ3v) is 9.28. The van der Waals surface area contributed by atoms with E-state index in [1.54, 1.807) is 6.92 Å². The zero-order valence-electron chi connectivity index (χ0n) is 19.5. The van der Waals surface area contributed by atoms with E-state index in [2.05, 4.69) is 13.8 Å². The lowest BCUT2D eigenvalue weighted by Crippen LogP contribution is -2.53. The molecule has 0 spiro atoms. The van der Waals surface area contributed by atoms with Crippen molar-refractivity contribution in [2.24, 2.45) is 39.9 Å². The molecule has 4 aliphatic rings. The van der Waals surface area contributed by atoms with E-state index in [-0.39, 0.29) is 46.3 Å². The molecule has 30 heavy (non-hydrogen) atoms. The lowest BCUT2D eigenvalue weighted by molar-refractivity contribution is -0.167. The molecular formula is C26H38O4. The highest BCUT2D eigenvalue weighted by Gasteiger charge is 2.64. The van der Waals surface area contributed by atoms with Crippen LogP contribution < -0.4 is 0 Å². The third kappa shape index (κ3) is 3.20. The van der Waals surface area contributed by atoms with Crippen LogP contribution in [0.5, 0.6) is 0 Å². The van der Waals surface area contributed by atoms with Gasteiger partial charge in [0.1, 0.15) is 11.9 Å². The van der Waals surface area contributed by atoms with Crippen molar-refractivity contribution in [3.63, 3.8) is 0 Å². The molecule has 7 atom stereocenters. The normalized spacial score (nSPS) is 43.2. The summed E-state index contributed by atoms with van der Waals surface area (Å²) in [6, 6.07) is 0. The van der Waals surface area contributed by atoms with Crippen LogP contribution >= 0.6 is 0 Å². The summed E-state index contributed by atoms with van der Waals surface area (Å²) in [6.07, 6.45) is 8.09. The SMILES string of the molecule is CC(=O)[C@H]1CC(OC(=O)C(C)(C)C)[C@H]2[C@@H]3CCC4=CC(=O)CC[C@]4(C)[C@H]3CC[C@]12C. The smallest absolute Gasteiger partial charge is 0.311 e. The van der Waals surface area contributed by atoms with Gasteiger partial charge in [0.05, 0.1) is 5.41 Å². The van der Waals surface area contributed by atoms with Gasteiger partial charge >= 0.3 is 5.97 Å². The Morgan fingerprint density at radius 2 is 1.80 bits per heavy atom. The highest BCUT2D eigenvalue weighted by Crippen LogP contribution is 2.67. The second-order valence-corrected chi connectivity index (χ2v) is 12.0. The number of fused-ring (bicyclic) bond motifs is 5. The van der Waals surface area contributed by atoms with Crippen LogP contribution in [0, 0.1) is 39.9 Å². The van der Waals surface area contributed by atoms with Gasteiger partial charge in [-0.1, -0.05) is 19.4 Å². The van der Waals surface area contributed by atoms with Gasteiger partial charge in [-0.25, -0.2) is 0 Å². The lowest BCUT2D eigenvalue weighted by atomic mass is 9.46. The predicted octanol–water partition coefficient (Wildman–Crippen LogP) is 5.29. The number of carbonyl (C=O) groups excluding carboxylic acids is 3. The number of hydrogen-bond donors (Lipinski definition) is 0. The fourth-order valence-electron chi connectivity index (χ4n) is 7.66. The van der Waals surface area contributed by atoms with Crippen molar-refractivity contribution in [2.75, 3.05) is 0 Å². The number of carbonyl (C=O) groups is 3. The second kappa shape index (κ2) is 7.03. The highest BCUT2D eigenvalue weighted by molar-refractivity contribution is 5.91. The molecule has 0 aliphatic heterocycles. The van der Waals surface area contributed by atoms with E-state index in [0.29, 0.717) is 24.7 Å². The Bertz CT molecular complexity index is 802. The summed E-state index contributed by atoms with van der Waals surface area (Å²) in [5, 5.41) is 0. The van der Waals surface area contributed by atoms with Crippen molar-refractivity contribution in [2.45, 2.75) is 92.6 Å². The largest absolute Gasteiger partial charge is 0.462 e. The first kappa shape index (κ1) is 21.8.